The summed E-state index contributed by atoms with van der Waals surface area (Å²) in [6, 6.07) is 8.69. The molecule has 0 aliphatic heterocycles. The zero-order valence-corrected chi connectivity index (χ0v) is 12.2. The lowest BCUT2D eigenvalue weighted by atomic mass is 10.2. The van der Waals surface area contributed by atoms with Crippen molar-refractivity contribution in [1.82, 2.24) is 0 Å². The maximum absolute atomic E-state index is 11.2. The molecule has 3 nitrogen and oxygen atoms in total. The first-order valence-electron chi connectivity index (χ1n) is 6.00. The van der Waals surface area contributed by atoms with Gasteiger partial charge in [-0.05, 0) is 43.3 Å². The number of hydrogen-bond donors (Lipinski definition) is 0. The average molecular weight is 311 g/mol. The molecule has 0 unspecified atom stereocenters. The molecule has 0 N–H and O–H groups in total. The number of hydrogen-bond acceptors (Lipinski definition) is 3. The van der Waals surface area contributed by atoms with Gasteiger partial charge in [-0.15, -0.1) is 0 Å². The highest BCUT2D eigenvalue weighted by molar-refractivity contribution is 6.36. The average Bonchev–Trinajstić information content (AvgIpc) is 2.85. The van der Waals surface area contributed by atoms with Gasteiger partial charge in [0.15, 0.2) is 0 Å². The Labute approximate surface area is 126 Å². The molecule has 1 aromatic heterocycles. The highest BCUT2D eigenvalue weighted by Gasteiger charge is 2.08. The summed E-state index contributed by atoms with van der Waals surface area (Å²) in [5.74, 6) is 0.740. The Bertz CT molecular complexity index is 644. The molecule has 1 heterocycles. The van der Waals surface area contributed by atoms with Crippen molar-refractivity contribution >= 4 is 35.2 Å². The first kappa shape index (κ1) is 14.7. The molecule has 1 aromatic carbocycles. The van der Waals surface area contributed by atoms with Crippen LogP contribution in [-0.2, 0) is 9.53 Å². The number of halogens is 2. The topological polar surface area (TPSA) is 39.4 Å². The van der Waals surface area contributed by atoms with Crippen LogP contribution in [0, 0.1) is 0 Å². The van der Waals surface area contributed by atoms with E-state index in [1.54, 1.807) is 43.3 Å². The van der Waals surface area contributed by atoms with Crippen LogP contribution in [0.4, 0.5) is 0 Å². The monoisotopic (exact) mass is 310 g/mol. The second-order valence-corrected chi connectivity index (χ2v) is 4.76. The van der Waals surface area contributed by atoms with Gasteiger partial charge in [0.2, 0.25) is 0 Å². The zero-order chi connectivity index (χ0) is 14.5. The van der Waals surface area contributed by atoms with Gasteiger partial charge in [0.05, 0.1) is 11.6 Å². The molecule has 5 heteroatoms. The molecule has 0 amide bonds. The quantitative estimate of drug-likeness (QED) is 0.600. The smallest absolute Gasteiger partial charge is 0.330 e. The molecule has 0 aliphatic carbocycles. The van der Waals surface area contributed by atoms with Gasteiger partial charge in [-0.2, -0.15) is 0 Å². The summed E-state index contributed by atoms with van der Waals surface area (Å²) in [7, 11) is 0. The summed E-state index contributed by atoms with van der Waals surface area (Å²) < 4.78 is 10.4. The van der Waals surface area contributed by atoms with Gasteiger partial charge in [-0.25, -0.2) is 4.79 Å². The molecule has 0 saturated heterocycles. The predicted molar refractivity (Wildman–Crippen MR) is 79.8 cm³/mol. The molecule has 0 bridgehead atoms. The van der Waals surface area contributed by atoms with Crippen LogP contribution in [0.1, 0.15) is 12.7 Å². The number of furan rings is 1. The summed E-state index contributed by atoms with van der Waals surface area (Å²) in [5, 5.41) is 1.07. The summed E-state index contributed by atoms with van der Waals surface area (Å²) in [6.45, 7) is 2.09. The maximum atomic E-state index is 11.2. The Morgan fingerprint density at radius 2 is 2.10 bits per heavy atom. The molecule has 0 atom stereocenters. The van der Waals surface area contributed by atoms with Crippen molar-refractivity contribution in [3.05, 3.63) is 52.2 Å². The molecule has 104 valence electrons. The van der Waals surface area contributed by atoms with Gasteiger partial charge in [0.1, 0.15) is 11.5 Å². The summed E-state index contributed by atoms with van der Waals surface area (Å²) in [6.07, 6.45) is 2.86. The van der Waals surface area contributed by atoms with Gasteiger partial charge in [-0.1, -0.05) is 23.2 Å². The van der Waals surface area contributed by atoms with Crippen LogP contribution in [0.2, 0.25) is 10.0 Å². The Morgan fingerprint density at radius 1 is 1.30 bits per heavy atom. The molecule has 2 aromatic rings. The SMILES string of the molecule is CCOC(=O)C=Cc1ccc(-c2ccc(Cl)cc2Cl)o1. The van der Waals surface area contributed by atoms with E-state index in [1.165, 1.54) is 6.08 Å². The third kappa shape index (κ3) is 3.65. The van der Waals surface area contributed by atoms with E-state index < -0.39 is 5.97 Å². The highest BCUT2D eigenvalue weighted by atomic mass is 35.5. The van der Waals surface area contributed by atoms with Crippen LogP contribution in [-0.4, -0.2) is 12.6 Å². The minimum absolute atomic E-state index is 0.340. The fraction of sp³-hybridized carbons (Fsp3) is 0.133. The number of rotatable bonds is 4. The number of esters is 1. The molecule has 0 fully saturated rings. The fourth-order valence-electron chi connectivity index (χ4n) is 1.62. The zero-order valence-electron chi connectivity index (χ0n) is 10.7. The fourth-order valence-corrected chi connectivity index (χ4v) is 2.12. The van der Waals surface area contributed by atoms with E-state index in [2.05, 4.69) is 0 Å². The van der Waals surface area contributed by atoms with E-state index in [4.69, 9.17) is 32.4 Å². The van der Waals surface area contributed by atoms with E-state index in [0.29, 0.717) is 28.2 Å². The second-order valence-electron chi connectivity index (χ2n) is 3.91. The summed E-state index contributed by atoms with van der Waals surface area (Å²) in [5.41, 5.74) is 0.742. The summed E-state index contributed by atoms with van der Waals surface area (Å²) >= 11 is 12.0. The first-order valence-corrected chi connectivity index (χ1v) is 6.76. The Hall–Kier alpha value is -1.71. The molecular weight excluding hydrogens is 299 g/mol. The molecule has 0 saturated carbocycles. The van der Waals surface area contributed by atoms with Gasteiger partial charge in [0, 0.05) is 16.7 Å². The lowest BCUT2D eigenvalue weighted by Gasteiger charge is -2.00. The van der Waals surface area contributed by atoms with Gasteiger partial charge < -0.3 is 9.15 Å². The number of carbonyl (C=O) groups is 1. The third-order valence-corrected chi connectivity index (χ3v) is 3.04. The molecule has 0 aliphatic rings. The van der Waals surface area contributed by atoms with Crippen LogP contribution in [0.25, 0.3) is 17.4 Å². The van der Waals surface area contributed by atoms with Crippen molar-refractivity contribution in [2.75, 3.05) is 6.61 Å². The Kier molecular flexibility index (Phi) is 4.88. The van der Waals surface area contributed by atoms with Crippen LogP contribution in [0.15, 0.2) is 40.8 Å². The van der Waals surface area contributed by atoms with Crippen molar-refractivity contribution in [2.45, 2.75) is 6.92 Å². The van der Waals surface area contributed by atoms with Gasteiger partial charge in [-0.3, -0.25) is 0 Å². The van der Waals surface area contributed by atoms with Crippen molar-refractivity contribution in [1.29, 1.82) is 0 Å². The normalized spacial score (nSPS) is 10.9. The van der Waals surface area contributed by atoms with E-state index >= 15 is 0 Å². The molecular formula is C15H12Cl2O3. The standard InChI is InChI=1S/C15H12Cl2O3/c1-2-19-15(18)8-5-11-4-7-14(20-11)12-6-3-10(16)9-13(12)17/h3-9H,2H2,1H3. The number of carbonyl (C=O) groups excluding carboxylic acids is 1. The minimum atomic E-state index is -0.407. The van der Waals surface area contributed by atoms with E-state index in [0.717, 1.165) is 5.56 Å². The highest BCUT2D eigenvalue weighted by Crippen LogP contribution is 2.31. The maximum Gasteiger partial charge on any atom is 0.330 e. The lowest BCUT2D eigenvalue weighted by molar-refractivity contribution is -0.137. The molecule has 0 radical (unpaired) electrons. The van der Waals surface area contributed by atoms with Gasteiger partial charge in [0.25, 0.3) is 0 Å². The minimum Gasteiger partial charge on any atom is -0.463 e. The third-order valence-electron chi connectivity index (χ3n) is 2.49. The first-order chi connectivity index (χ1) is 9.60. The summed E-state index contributed by atoms with van der Waals surface area (Å²) in [4.78, 5) is 11.2. The van der Waals surface area contributed by atoms with Crippen molar-refractivity contribution in [3.8, 4) is 11.3 Å². The second kappa shape index (κ2) is 6.64. The van der Waals surface area contributed by atoms with Crippen LogP contribution in [0.5, 0.6) is 0 Å². The van der Waals surface area contributed by atoms with Crippen LogP contribution >= 0.6 is 23.2 Å². The Morgan fingerprint density at radius 3 is 2.80 bits per heavy atom. The Balaban J connectivity index is 2.18. The van der Waals surface area contributed by atoms with E-state index in [1.807, 2.05) is 0 Å². The van der Waals surface area contributed by atoms with Crippen molar-refractivity contribution in [2.24, 2.45) is 0 Å². The van der Waals surface area contributed by atoms with Crippen LogP contribution in [0.3, 0.4) is 0 Å². The van der Waals surface area contributed by atoms with Gasteiger partial charge >= 0.3 is 5.97 Å². The number of benzene rings is 1. The van der Waals surface area contributed by atoms with Crippen molar-refractivity contribution in [3.63, 3.8) is 0 Å². The van der Waals surface area contributed by atoms with E-state index in [9.17, 15) is 4.79 Å². The lowest BCUT2D eigenvalue weighted by Crippen LogP contribution is -1.98. The predicted octanol–water partition coefficient (Wildman–Crippen LogP) is 4.83. The largest absolute Gasteiger partial charge is 0.463 e. The number of ether oxygens (including phenoxy) is 1. The molecule has 0 spiro atoms. The molecule has 2 rings (SSSR count). The molecule has 20 heavy (non-hydrogen) atoms. The van der Waals surface area contributed by atoms with E-state index in [-0.39, 0.29) is 0 Å². The van der Waals surface area contributed by atoms with Crippen LogP contribution < -0.4 is 0 Å². The van der Waals surface area contributed by atoms with Crippen molar-refractivity contribution < 1.29 is 13.9 Å².